The van der Waals surface area contributed by atoms with E-state index in [-0.39, 0.29) is 5.41 Å². The van der Waals surface area contributed by atoms with Crippen LogP contribution in [0.1, 0.15) is 24.8 Å². The second-order valence-electron chi connectivity index (χ2n) is 6.18. The number of nitrogens with two attached hydrogens (primary N) is 1. The number of anilines is 2. The van der Waals surface area contributed by atoms with Gasteiger partial charge in [0, 0.05) is 38.4 Å². The highest BCUT2D eigenvalue weighted by atomic mass is 16.4. The highest BCUT2D eigenvalue weighted by Gasteiger charge is 2.42. The number of amides is 1. The van der Waals surface area contributed by atoms with Crippen molar-refractivity contribution < 1.29 is 9.90 Å². The maximum atomic E-state index is 11.1. The monoisotopic (exact) mass is 301 g/mol. The molecule has 3 heterocycles. The summed E-state index contributed by atoms with van der Waals surface area (Å²) in [6.07, 6.45) is 3.48. The van der Waals surface area contributed by atoms with Crippen LogP contribution in [-0.4, -0.2) is 47.3 Å². The molecule has 0 aliphatic carbocycles. The third-order valence-electron chi connectivity index (χ3n) is 4.90. The predicted molar refractivity (Wildman–Crippen MR) is 81.5 cm³/mol. The molecule has 0 radical (unpaired) electrons. The number of nitriles is 1. The first kappa shape index (κ1) is 14.4. The first-order valence-corrected chi connectivity index (χ1v) is 7.41. The lowest BCUT2D eigenvalue weighted by Gasteiger charge is -2.40. The van der Waals surface area contributed by atoms with Crippen LogP contribution in [-0.2, 0) is 0 Å². The molecule has 0 unspecified atom stereocenters. The molecule has 1 amide bonds. The molecule has 2 aliphatic heterocycles. The zero-order valence-corrected chi connectivity index (χ0v) is 12.3. The van der Waals surface area contributed by atoms with Gasteiger partial charge in [0.2, 0.25) is 0 Å². The van der Waals surface area contributed by atoms with E-state index in [1.807, 2.05) is 0 Å². The molecule has 0 bridgehead atoms. The maximum Gasteiger partial charge on any atom is 0.407 e. The number of aromatic nitrogens is 1. The average Bonchev–Trinajstić information content (AvgIpc) is 2.92. The Hall–Kier alpha value is -2.49. The Balaban J connectivity index is 1.72. The van der Waals surface area contributed by atoms with Gasteiger partial charge in [-0.3, -0.25) is 0 Å². The number of nitrogens with zero attached hydrogens (tertiary/aromatic N) is 4. The first-order chi connectivity index (χ1) is 10.5. The van der Waals surface area contributed by atoms with Crippen molar-refractivity contribution >= 4 is 17.6 Å². The van der Waals surface area contributed by atoms with E-state index in [2.05, 4.69) is 16.0 Å². The molecule has 2 fully saturated rings. The van der Waals surface area contributed by atoms with Gasteiger partial charge in [0.1, 0.15) is 11.9 Å². The number of hydrogen-bond acceptors (Lipinski definition) is 5. The van der Waals surface area contributed by atoms with E-state index in [0.29, 0.717) is 24.5 Å². The minimum absolute atomic E-state index is 0.0975. The fourth-order valence-corrected chi connectivity index (χ4v) is 3.54. The predicted octanol–water partition coefficient (Wildman–Crippen LogP) is 1.51. The van der Waals surface area contributed by atoms with E-state index in [0.717, 1.165) is 38.0 Å². The Morgan fingerprint density at radius 2 is 2.05 bits per heavy atom. The topological polar surface area (TPSA) is 106 Å². The normalized spacial score (nSPS) is 20.1. The maximum absolute atomic E-state index is 11.1. The standard InChI is InChI=1S/C15H19N5O2/c16-8-11-9-18-13(17)7-12(11)19-4-1-15(2-5-19)3-6-20(10-15)14(21)22/h7,9H,1-6,10H2,(H2,17,18)(H,21,22). The molecule has 0 atom stereocenters. The summed E-state index contributed by atoms with van der Waals surface area (Å²) in [7, 11) is 0. The van der Waals surface area contributed by atoms with Gasteiger partial charge in [-0.05, 0) is 24.7 Å². The average molecular weight is 301 g/mol. The minimum Gasteiger partial charge on any atom is -0.465 e. The Morgan fingerprint density at radius 3 is 2.64 bits per heavy atom. The van der Waals surface area contributed by atoms with Gasteiger partial charge >= 0.3 is 6.09 Å². The molecule has 2 aliphatic rings. The number of pyridine rings is 1. The van der Waals surface area contributed by atoms with Gasteiger partial charge in [-0.25, -0.2) is 9.78 Å². The summed E-state index contributed by atoms with van der Waals surface area (Å²) in [6, 6.07) is 3.90. The van der Waals surface area contributed by atoms with E-state index in [1.54, 1.807) is 6.07 Å². The third-order valence-corrected chi connectivity index (χ3v) is 4.90. The number of rotatable bonds is 1. The van der Waals surface area contributed by atoms with E-state index in [4.69, 9.17) is 10.8 Å². The Labute approximate surface area is 128 Å². The zero-order valence-electron chi connectivity index (χ0n) is 12.3. The van der Waals surface area contributed by atoms with Crippen LogP contribution in [0, 0.1) is 16.7 Å². The molecule has 3 N–H and O–H groups in total. The number of hydrogen-bond donors (Lipinski definition) is 2. The van der Waals surface area contributed by atoms with Gasteiger partial charge in [-0.2, -0.15) is 5.26 Å². The summed E-state index contributed by atoms with van der Waals surface area (Å²) in [4.78, 5) is 18.7. The van der Waals surface area contributed by atoms with Gasteiger partial charge < -0.3 is 20.6 Å². The number of likely N-dealkylation sites (tertiary alicyclic amines) is 1. The summed E-state index contributed by atoms with van der Waals surface area (Å²) in [5, 5.41) is 18.3. The SMILES string of the molecule is N#Cc1cnc(N)cc1N1CCC2(CCN(C(=O)O)C2)CC1. The molecule has 116 valence electrons. The van der Waals surface area contributed by atoms with Crippen LogP contribution in [0.5, 0.6) is 0 Å². The third kappa shape index (κ3) is 2.52. The van der Waals surface area contributed by atoms with Crippen LogP contribution >= 0.6 is 0 Å². The zero-order chi connectivity index (χ0) is 15.7. The number of carboxylic acid groups (broad SMARTS) is 1. The van der Waals surface area contributed by atoms with E-state index in [1.165, 1.54) is 11.1 Å². The van der Waals surface area contributed by atoms with Crippen molar-refractivity contribution in [3.05, 3.63) is 17.8 Å². The molecule has 1 aromatic heterocycles. The van der Waals surface area contributed by atoms with Crippen molar-refractivity contribution in [2.24, 2.45) is 5.41 Å². The Kier molecular flexibility index (Phi) is 3.53. The van der Waals surface area contributed by atoms with Crippen molar-refractivity contribution in [2.45, 2.75) is 19.3 Å². The molecule has 1 aromatic rings. The van der Waals surface area contributed by atoms with Crippen LogP contribution in [0.25, 0.3) is 0 Å². The molecule has 22 heavy (non-hydrogen) atoms. The summed E-state index contributed by atoms with van der Waals surface area (Å²) in [5.41, 5.74) is 7.20. The van der Waals surface area contributed by atoms with Crippen molar-refractivity contribution in [1.82, 2.24) is 9.88 Å². The molecular formula is C15H19N5O2. The molecular weight excluding hydrogens is 282 g/mol. The molecule has 3 rings (SSSR count). The molecule has 1 spiro atoms. The molecule has 7 nitrogen and oxygen atoms in total. The lowest BCUT2D eigenvalue weighted by molar-refractivity contribution is 0.144. The lowest BCUT2D eigenvalue weighted by Crippen LogP contribution is -2.42. The molecule has 7 heteroatoms. The van der Waals surface area contributed by atoms with E-state index in [9.17, 15) is 10.1 Å². The second-order valence-corrected chi connectivity index (χ2v) is 6.18. The van der Waals surface area contributed by atoms with Crippen LogP contribution < -0.4 is 10.6 Å². The molecule has 0 aromatic carbocycles. The van der Waals surface area contributed by atoms with Gasteiger partial charge in [0.25, 0.3) is 0 Å². The second kappa shape index (κ2) is 5.37. The van der Waals surface area contributed by atoms with Crippen molar-refractivity contribution in [3.63, 3.8) is 0 Å². The quantitative estimate of drug-likeness (QED) is 0.814. The number of piperidine rings is 1. The van der Waals surface area contributed by atoms with Crippen LogP contribution in [0.15, 0.2) is 12.3 Å². The van der Waals surface area contributed by atoms with Gasteiger partial charge in [0.15, 0.2) is 0 Å². The van der Waals surface area contributed by atoms with Crippen LogP contribution in [0.4, 0.5) is 16.3 Å². The van der Waals surface area contributed by atoms with Crippen LogP contribution in [0.2, 0.25) is 0 Å². The minimum atomic E-state index is -0.826. The van der Waals surface area contributed by atoms with Gasteiger partial charge in [-0.1, -0.05) is 0 Å². The Bertz CT molecular complexity index is 631. The molecule has 0 saturated carbocycles. The fraction of sp³-hybridized carbons (Fsp3) is 0.533. The van der Waals surface area contributed by atoms with E-state index >= 15 is 0 Å². The van der Waals surface area contributed by atoms with Crippen molar-refractivity contribution in [2.75, 3.05) is 36.8 Å². The summed E-state index contributed by atoms with van der Waals surface area (Å²) >= 11 is 0. The smallest absolute Gasteiger partial charge is 0.407 e. The summed E-state index contributed by atoms with van der Waals surface area (Å²) < 4.78 is 0. The van der Waals surface area contributed by atoms with Crippen LogP contribution in [0.3, 0.4) is 0 Å². The highest BCUT2D eigenvalue weighted by Crippen LogP contribution is 2.41. The largest absolute Gasteiger partial charge is 0.465 e. The number of carbonyl (C=O) groups is 1. The summed E-state index contributed by atoms with van der Waals surface area (Å²) in [5.74, 6) is 0.409. The van der Waals surface area contributed by atoms with Gasteiger partial charge in [0.05, 0.1) is 11.3 Å². The van der Waals surface area contributed by atoms with E-state index < -0.39 is 6.09 Å². The Morgan fingerprint density at radius 1 is 1.36 bits per heavy atom. The van der Waals surface area contributed by atoms with Crippen molar-refractivity contribution in [3.8, 4) is 6.07 Å². The first-order valence-electron chi connectivity index (χ1n) is 7.41. The van der Waals surface area contributed by atoms with Gasteiger partial charge in [-0.15, -0.1) is 0 Å². The molecule has 2 saturated heterocycles. The fourth-order valence-electron chi connectivity index (χ4n) is 3.54. The number of nitrogen functional groups attached to an aromatic ring is 1. The lowest BCUT2D eigenvalue weighted by atomic mass is 9.77. The highest BCUT2D eigenvalue weighted by molar-refractivity contribution is 5.65. The van der Waals surface area contributed by atoms with Crippen molar-refractivity contribution in [1.29, 1.82) is 5.26 Å². The summed E-state index contributed by atoms with van der Waals surface area (Å²) in [6.45, 7) is 2.87.